The molecule has 0 aromatic carbocycles. The molecule has 14 heteroatoms. The number of nitrogens with zero attached hydrogens (tertiary/aromatic N) is 5. The fourth-order valence-electron chi connectivity index (χ4n) is 2.49. The van der Waals surface area contributed by atoms with E-state index in [-0.39, 0.29) is 11.8 Å². The van der Waals surface area contributed by atoms with E-state index in [0.29, 0.717) is 11.4 Å². The fourth-order valence-corrected chi connectivity index (χ4v) is 3.61. The average Bonchev–Trinajstić information content (AvgIpc) is 3.11. The number of hydrogen-bond donors (Lipinski definition) is 2. The van der Waals surface area contributed by atoms with Crippen LogP contribution >= 0.6 is 0 Å². The molecular weight excluding hydrogens is 430 g/mol. The molecule has 0 aliphatic carbocycles. The Morgan fingerprint density at radius 1 is 1.13 bits per heavy atom. The van der Waals surface area contributed by atoms with Gasteiger partial charge in [0.1, 0.15) is 0 Å². The highest BCUT2D eigenvalue weighted by Gasteiger charge is 2.31. The molecule has 3 aromatic heterocycles. The van der Waals surface area contributed by atoms with Crippen molar-refractivity contribution in [3.63, 3.8) is 0 Å². The van der Waals surface area contributed by atoms with Crippen LogP contribution in [0, 0.1) is 13.8 Å². The number of aromatic nitrogens is 5. The number of urea groups is 1. The van der Waals surface area contributed by atoms with Gasteiger partial charge in [0.05, 0.1) is 13.3 Å². The van der Waals surface area contributed by atoms with Crippen LogP contribution in [0.4, 0.5) is 15.5 Å². The summed E-state index contributed by atoms with van der Waals surface area (Å²) in [5.41, 5.74) is 1.15. The zero-order chi connectivity index (χ0) is 22.6. The maximum Gasteiger partial charge on any atom is 0.513 e. The van der Waals surface area contributed by atoms with Gasteiger partial charge in [0.25, 0.3) is 10.0 Å². The quantitative estimate of drug-likeness (QED) is 0.544. The SMILES string of the molecule is COC(=O)Oc1cnn(-c2ccccn2)c1S(=O)(=O)NC(=O)Nc1nc(C)cc(C)n1. The number of anilines is 1. The molecule has 0 radical (unpaired) electrons. The Hall–Kier alpha value is -4.07. The second kappa shape index (κ2) is 8.74. The molecule has 0 spiro atoms. The van der Waals surface area contributed by atoms with Crippen LogP contribution < -0.4 is 14.8 Å². The molecule has 3 heterocycles. The van der Waals surface area contributed by atoms with Crippen LogP contribution in [0.5, 0.6) is 5.75 Å². The first kappa shape index (κ1) is 21.6. The molecule has 3 rings (SSSR count). The van der Waals surface area contributed by atoms with Crippen molar-refractivity contribution in [1.29, 1.82) is 0 Å². The van der Waals surface area contributed by atoms with Gasteiger partial charge in [-0.15, -0.1) is 0 Å². The van der Waals surface area contributed by atoms with Crippen molar-refractivity contribution in [3.8, 4) is 11.6 Å². The highest BCUT2D eigenvalue weighted by atomic mass is 32.2. The second-order valence-electron chi connectivity index (χ2n) is 6.00. The van der Waals surface area contributed by atoms with E-state index in [0.717, 1.165) is 18.0 Å². The van der Waals surface area contributed by atoms with E-state index in [2.05, 4.69) is 30.1 Å². The molecule has 31 heavy (non-hydrogen) atoms. The molecule has 3 aromatic rings. The zero-order valence-electron chi connectivity index (χ0n) is 16.6. The summed E-state index contributed by atoms with van der Waals surface area (Å²) >= 11 is 0. The van der Waals surface area contributed by atoms with Gasteiger partial charge in [-0.25, -0.2) is 29.3 Å². The Bertz CT molecular complexity index is 1210. The minimum Gasteiger partial charge on any atom is -0.437 e. The number of aryl methyl sites for hydroxylation is 2. The molecule has 13 nitrogen and oxygen atoms in total. The molecule has 0 aliphatic heterocycles. The number of ether oxygens (including phenoxy) is 2. The first-order valence-corrected chi connectivity index (χ1v) is 10.1. The zero-order valence-corrected chi connectivity index (χ0v) is 17.4. The normalized spacial score (nSPS) is 10.9. The Morgan fingerprint density at radius 2 is 1.84 bits per heavy atom. The number of methoxy groups -OCH3 is 1. The van der Waals surface area contributed by atoms with E-state index >= 15 is 0 Å². The van der Waals surface area contributed by atoms with Gasteiger partial charge in [0.2, 0.25) is 11.0 Å². The van der Waals surface area contributed by atoms with Crippen molar-refractivity contribution in [2.45, 2.75) is 18.9 Å². The first-order chi connectivity index (χ1) is 14.7. The van der Waals surface area contributed by atoms with Gasteiger partial charge in [0, 0.05) is 17.6 Å². The van der Waals surface area contributed by atoms with E-state index in [9.17, 15) is 18.0 Å². The summed E-state index contributed by atoms with van der Waals surface area (Å²) in [6, 6.07) is 5.23. The Morgan fingerprint density at radius 3 is 2.45 bits per heavy atom. The second-order valence-corrected chi connectivity index (χ2v) is 7.60. The van der Waals surface area contributed by atoms with Crippen LogP contribution in [-0.2, 0) is 14.8 Å². The predicted octanol–water partition coefficient (Wildman–Crippen LogP) is 1.33. The highest BCUT2D eigenvalue weighted by Crippen LogP contribution is 2.26. The van der Waals surface area contributed by atoms with Crippen LogP contribution in [0.3, 0.4) is 0 Å². The van der Waals surface area contributed by atoms with Gasteiger partial charge in [0.15, 0.2) is 11.6 Å². The summed E-state index contributed by atoms with van der Waals surface area (Å²) in [4.78, 5) is 35.9. The topological polar surface area (TPSA) is 167 Å². The fraction of sp³-hybridized carbons (Fsp3) is 0.176. The molecule has 0 atom stereocenters. The minimum atomic E-state index is -4.61. The lowest BCUT2D eigenvalue weighted by atomic mass is 10.4. The van der Waals surface area contributed by atoms with Crippen molar-refractivity contribution >= 4 is 28.2 Å². The first-order valence-electron chi connectivity index (χ1n) is 8.61. The summed E-state index contributed by atoms with van der Waals surface area (Å²) < 4.78 is 37.9. The third kappa shape index (κ3) is 5.11. The predicted molar refractivity (Wildman–Crippen MR) is 105 cm³/mol. The van der Waals surface area contributed by atoms with E-state index in [1.165, 1.54) is 12.3 Å². The van der Waals surface area contributed by atoms with E-state index in [1.807, 2.05) is 4.72 Å². The third-order valence-electron chi connectivity index (χ3n) is 3.61. The molecular formula is C17H17N7O6S. The van der Waals surface area contributed by atoms with E-state index in [1.54, 1.807) is 32.0 Å². The number of hydrogen-bond acceptors (Lipinski definition) is 10. The molecule has 0 fully saturated rings. The number of carbonyl (C=O) groups excluding carboxylic acids is 2. The van der Waals surface area contributed by atoms with Crippen LogP contribution in [0.1, 0.15) is 11.4 Å². The summed E-state index contributed by atoms with van der Waals surface area (Å²) in [6.45, 7) is 3.38. The lowest BCUT2D eigenvalue weighted by molar-refractivity contribution is 0.120. The largest absolute Gasteiger partial charge is 0.513 e. The number of sulfonamides is 1. The lowest BCUT2D eigenvalue weighted by Crippen LogP contribution is -2.36. The molecule has 2 amide bonds. The Balaban J connectivity index is 1.95. The summed E-state index contributed by atoms with van der Waals surface area (Å²) in [5.74, 6) is -0.462. The monoisotopic (exact) mass is 447 g/mol. The van der Waals surface area contributed by atoms with Crippen LogP contribution in [0.25, 0.3) is 5.82 Å². The minimum absolute atomic E-state index is 0.0885. The molecule has 162 valence electrons. The van der Waals surface area contributed by atoms with Gasteiger partial charge in [-0.1, -0.05) is 6.07 Å². The number of pyridine rings is 1. The van der Waals surface area contributed by atoms with Gasteiger partial charge < -0.3 is 9.47 Å². The Kier molecular flexibility index (Phi) is 6.10. The number of nitrogens with one attached hydrogen (secondary N) is 2. The number of carbonyl (C=O) groups is 2. The van der Waals surface area contributed by atoms with Crippen LogP contribution in [-0.4, -0.2) is 52.4 Å². The maximum atomic E-state index is 13.0. The van der Waals surface area contributed by atoms with Gasteiger partial charge in [-0.2, -0.15) is 18.2 Å². The van der Waals surface area contributed by atoms with E-state index in [4.69, 9.17) is 4.74 Å². The van der Waals surface area contributed by atoms with Crippen molar-refractivity contribution < 1.29 is 27.5 Å². The molecule has 0 unspecified atom stereocenters. The number of amides is 2. The van der Waals surface area contributed by atoms with Crippen molar-refractivity contribution in [1.82, 2.24) is 29.5 Å². The summed E-state index contributed by atoms with van der Waals surface area (Å²) in [5, 5.41) is 5.50. The maximum absolute atomic E-state index is 13.0. The van der Waals surface area contributed by atoms with Crippen LogP contribution in [0.2, 0.25) is 0 Å². The molecule has 0 saturated heterocycles. The lowest BCUT2D eigenvalue weighted by Gasteiger charge is -2.11. The van der Waals surface area contributed by atoms with Crippen LogP contribution in [0.15, 0.2) is 41.7 Å². The van der Waals surface area contributed by atoms with Crippen molar-refractivity contribution in [3.05, 3.63) is 48.0 Å². The molecule has 0 aliphatic rings. The molecule has 0 bridgehead atoms. The third-order valence-corrected chi connectivity index (χ3v) is 4.95. The van der Waals surface area contributed by atoms with Crippen molar-refractivity contribution in [2.75, 3.05) is 12.4 Å². The molecule has 2 N–H and O–H groups in total. The Labute approximate surface area is 176 Å². The summed E-state index contributed by atoms with van der Waals surface area (Å²) in [7, 11) is -3.56. The van der Waals surface area contributed by atoms with Crippen molar-refractivity contribution in [2.24, 2.45) is 0 Å². The standard InChI is InChI=1S/C17H17N7O6S/c1-10-8-11(2)21-15(20-10)22-16(25)23-31(27,28)14-12(30-17(26)29-3)9-19-24(14)13-6-4-5-7-18-13/h4-9H,1-3H3,(H2,20,21,22,23,25). The molecule has 0 saturated carbocycles. The highest BCUT2D eigenvalue weighted by molar-refractivity contribution is 7.90. The average molecular weight is 447 g/mol. The number of rotatable bonds is 5. The van der Waals surface area contributed by atoms with Gasteiger partial charge in [-0.3, -0.25) is 5.32 Å². The smallest absolute Gasteiger partial charge is 0.437 e. The van der Waals surface area contributed by atoms with Gasteiger partial charge >= 0.3 is 12.2 Å². The van der Waals surface area contributed by atoms with Gasteiger partial charge in [-0.05, 0) is 32.0 Å². The summed E-state index contributed by atoms with van der Waals surface area (Å²) in [6.07, 6.45) is 1.21. The van der Waals surface area contributed by atoms with E-state index < -0.39 is 33.0 Å².